The number of carboxylic acids is 1. The summed E-state index contributed by atoms with van der Waals surface area (Å²) in [4.78, 5) is 10.6. The van der Waals surface area contributed by atoms with Crippen LogP contribution in [0.3, 0.4) is 0 Å². The zero-order valence-corrected chi connectivity index (χ0v) is 8.91. The second-order valence-corrected chi connectivity index (χ2v) is 4.63. The van der Waals surface area contributed by atoms with Gasteiger partial charge >= 0.3 is 5.97 Å². The van der Waals surface area contributed by atoms with Crippen LogP contribution in [0.15, 0.2) is 0 Å². The van der Waals surface area contributed by atoms with Crippen LogP contribution in [0.25, 0.3) is 0 Å². The maximum atomic E-state index is 10.6. The molecule has 3 N–H and O–H groups in total. The minimum atomic E-state index is -0.710. The summed E-state index contributed by atoms with van der Waals surface area (Å²) in [5.74, 6) is 0.769. The van der Waals surface area contributed by atoms with E-state index in [1.807, 2.05) is 0 Å². The van der Waals surface area contributed by atoms with Gasteiger partial charge in [-0.1, -0.05) is 26.2 Å². The number of aliphatic carboxylic acids is 1. The van der Waals surface area contributed by atoms with Crippen LogP contribution in [-0.2, 0) is 4.79 Å². The first-order chi connectivity index (χ1) is 6.63. The number of hydrogen-bond acceptors (Lipinski definition) is 2. The Bertz CT molecular complexity index is 194. The maximum absolute atomic E-state index is 10.6. The summed E-state index contributed by atoms with van der Waals surface area (Å²) in [6.45, 7) is 2.77. The van der Waals surface area contributed by atoms with Gasteiger partial charge in [0.05, 0.1) is 0 Å². The van der Waals surface area contributed by atoms with E-state index in [9.17, 15) is 4.79 Å². The number of rotatable bonds is 4. The molecule has 14 heavy (non-hydrogen) atoms. The van der Waals surface area contributed by atoms with Gasteiger partial charge in [0.2, 0.25) is 0 Å². The van der Waals surface area contributed by atoms with Crippen molar-refractivity contribution < 1.29 is 9.90 Å². The average Bonchev–Trinajstić information content (AvgIpc) is 2.14. The smallest absolute Gasteiger partial charge is 0.303 e. The van der Waals surface area contributed by atoms with Gasteiger partial charge in [-0.25, -0.2) is 0 Å². The lowest BCUT2D eigenvalue weighted by molar-refractivity contribution is -0.138. The van der Waals surface area contributed by atoms with Crippen molar-refractivity contribution in [2.75, 3.05) is 6.54 Å². The highest BCUT2D eigenvalue weighted by atomic mass is 16.4. The van der Waals surface area contributed by atoms with Gasteiger partial charge in [-0.05, 0) is 30.7 Å². The Kier molecular flexibility index (Phi) is 4.39. The van der Waals surface area contributed by atoms with Crippen molar-refractivity contribution in [3.63, 3.8) is 0 Å². The van der Waals surface area contributed by atoms with E-state index in [0.717, 1.165) is 12.3 Å². The van der Waals surface area contributed by atoms with Gasteiger partial charge in [0.1, 0.15) is 0 Å². The Hall–Kier alpha value is -0.570. The van der Waals surface area contributed by atoms with E-state index in [1.54, 1.807) is 0 Å². The largest absolute Gasteiger partial charge is 0.481 e. The quantitative estimate of drug-likeness (QED) is 0.726. The highest BCUT2D eigenvalue weighted by Gasteiger charge is 2.27. The molecule has 0 radical (unpaired) electrons. The van der Waals surface area contributed by atoms with Gasteiger partial charge in [-0.15, -0.1) is 0 Å². The van der Waals surface area contributed by atoms with Crippen molar-refractivity contribution >= 4 is 5.97 Å². The number of carbonyl (C=O) groups is 1. The molecule has 0 spiro atoms. The molecule has 1 aliphatic rings. The Morgan fingerprint density at radius 1 is 1.57 bits per heavy atom. The predicted molar refractivity (Wildman–Crippen MR) is 55.9 cm³/mol. The van der Waals surface area contributed by atoms with E-state index in [1.165, 1.54) is 19.3 Å². The van der Waals surface area contributed by atoms with Crippen LogP contribution in [0.4, 0.5) is 0 Å². The molecule has 1 fully saturated rings. The van der Waals surface area contributed by atoms with E-state index in [-0.39, 0.29) is 12.3 Å². The van der Waals surface area contributed by atoms with Crippen LogP contribution in [0.2, 0.25) is 0 Å². The van der Waals surface area contributed by atoms with Gasteiger partial charge in [0.25, 0.3) is 0 Å². The van der Waals surface area contributed by atoms with Crippen LogP contribution in [0.1, 0.15) is 39.0 Å². The number of hydrogen-bond donors (Lipinski definition) is 2. The van der Waals surface area contributed by atoms with E-state index < -0.39 is 5.97 Å². The third kappa shape index (κ3) is 3.29. The van der Waals surface area contributed by atoms with Gasteiger partial charge in [0.15, 0.2) is 0 Å². The van der Waals surface area contributed by atoms with Crippen molar-refractivity contribution in [3.05, 3.63) is 0 Å². The molecule has 0 saturated heterocycles. The first kappa shape index (κ1) is 11.5. The summed E-state index contributed by atoms with van der Waals surface area (Å²) in [5, 5.41) is 8.76. The van der Waals surface area contributed by atoms with Crippen LogP contribution in [0, 0.1) is 17.8 Å². The van der Waals surface area contributed by atoms with Gasteiger partial charge in [0, 0.05) is 6.42 Å². The second-order valence-electron chi connectivity index (χ2n) is 4.63. The summed E-state index contributed by atoms with van der Waals surface area (Å²) in [6.07, 6.45) is 5.10. The molecule has 1 aliphatic carbocycles. The fraction of sp³-hybridized carbons (Fsp3) is 0.909. The monoisotopic (exact) mass is 199 g/mol. The molecule has 0 amide bonds. The van der Waals surface area contributed by atoms with Crippen LogP contribution in [-0.4, -0.2) is 17.6 Å². The maximum Gasteiger partial charge on any atom is 0.303 e. The first-order valence-electron chi connectivity index (χ1n) is 5.55. The summed E-state index contributed by atoms with van der Waals surface area (Å²) < 4.78 is 0. The summed E-state index contributed by atoms with van der Waals surface area (Å²) in [5.41, 5.74) is 5.63. The van der Waals surface area contributed by atoms with Crippen molar-refractivity contribution in [2.24, 2.45) is 23.5 Å². The molecule has 0 bridgehead atoms. The summed E-state index contributed by atoms with van der Waals surface area (Å²) in [7, 11) is 0. The van der Waals surface area contributed by atoms with Gasteiger partial charge in [-0.3, -0.25) is 4.79 Å². The van der Waals surface area contributed by atoms with Crippen LogP contribution in [0.5, 0.6) is 0 Å². The summed E-state index contributed by atoms with van der Waals surface area (Å²) >= 11 is 0. The summed E-state index contributed by atoms with van der Waals surface area (Å²) in [6, 6.07) is 0. The average molecular weight is 199 g/mol. The molecule has 0 aromatic rings. The normalized spacial score (nSPS) is 29.9. The Morgan fingerprint density at radius 2 is 2.29 bits per heavy atom. The minimum absolute atomic E-state index is 0.190. The highest BCUT2D eigenvalue weighted by Crippen LogP contribution is 2.34. The third-order valence-electron chi connectivity index (χ3n) is 3.38. The molecule has 0 aromatic carbocycles. The minimum Gasteiger partial charge on any atom is -0.481 e. The van der Waals surface area contributed by atoms with Crippen LogP contribution >= 0.6 is 0 Å². The zero-order valence-electron chi connectivity index (χ0n) is 8.91. The Balaban J connectivity index is 2.46. The molecule has 0 heterocycles. The van der Waals surface area contributed by atoms with Crippen molar-refractivity contribution in [2.45, 2.75) is 39.0 Å². The molecule has 0 aromatic heterocycles. The topological polar surface area (TPSA) is 63.3 Å². The van der Waals surface area contributed by atoms with Gasteiger partial charge < -0.3 is 10.8 Å². The number of carboxylic acid groups (broad SMARTS) is 1. The molecular formula is C11H21NO2. The van der Waals surface area contributed by atoms with Crippen molar-refractivity contribution in [1.82, 2.24) is 0 Å². The fourth-order valence-corrected chi connectivity index (χ4v) is 2.58. The Labute approximate surface area is 85.7 Å². The molecule has 82 valence electrons. The molecule has 3 nitrogen and oxygen atoms in total. The molecule has 0 unspecified atom stereocenters. The Morgan fingerprint density at radius 3 is 2.79 bits per heavy atom. The fourth-order valence-electron chi connectivity index (χ4n) is 2.58. The molecule has 1 rings (SSSR count). The molecule has 3 atom stereocenters. The lowest BCUT2D eigenvalue weighted by Crippen LogP contribution is -2.29. The highest BCUT2D eigenvalue weighted by molar-refractivity contribution is 5.67. The molecule has 1 saturated carbocycles. The van der Waals surface area contributed by atoms with Gasteiger partial charge in [-0.2, -0.15) is 0 Å². The molecule has 0 aliphatic heterocycles. The third-order valence-corrected chi connectivity index (χ3v) is 3.38. The molecular weight excluding hydrogens is 178 g/mol. The first-order valence-corrected chi connectivity index (χ1v) is 5.55. The SMILES string of the molecule is C[C@@H]1CCC[C@H]([C@@H](CN)CC(=O)O)C1. The van der Waals surface area contributed by atoms with Crippen molar-refractivity contribution in [3.8, 4) is 0 Å². The lowest BCUT2D eigenvalue weighted by atomic mass is 9.74. The lowest BCUT2D eigenvalue weighted by Gasteiger charge is -2.31. The van der Waals surface area contributed by atoms with E-state index in [4.69, 9.17) is 10.8 Å². The zero-order chi connectivity index (χ0) is 10.6. The van der Waals surface area contributed by atoms with E-state index in [0.29, 0.717) is 12.5 Å². The predicted octanol–water partition coefficient (Wildman–Crippen LogP) is 1.86. The van der Waals surface area contributed by atoms with Crippen LogP contribution < -0.4 is 5.73 Å². The molecule has 3 heteroatoms. The van der Waals surface area contributed by atoms with E-state index >= 15 is 0 Å². The van der Waals surface area contributed by atoms with Crippen molar-refractivity contribution in [1.29, 1.82) is 0 Å². The second kappa shape index (κ2) is 5.35. The van der Waals surface area contributed by atoms with E-state index in [2.05, 4.69) is 6.92 Å². The number of nitrogens with two attached hydrogens (primary N) is 1. The standard InChI is InChI=1S/C11H21NO2/c1-8-3-2-4-9(5-8)10(7-12)6-11(13)14/h8-10H,2-7,12H2,1H3,(H,13,14)/t8-,9+,10-/m1/s1.